The lowest BCUT2D eigenvalue weighted by atomic mass is 10.0. The number of rotatable bonds is 9. The number of hydrogen-bond donors (Lipinski definition) is 4. The Bertz CT molecular complexity index is 1070. The van der Waals surface area contributed by atoms with Crippen molar-refractivity contribution in [1.29, 1.82) is 0 Å². The Morgan fingerprint density at radius 2 is 2.12 bits per heavy atom. The minimum absolute atomic E-state index is 0.199. The van der Waals surface area contributed by atoms with Gasteiger partial charge in [-0.3, -0.25) is 0 Å². The van der Waals surface area contributed by atoms with Crippen LogP contribution in [0.1, 0.15) is 23.4 Å². The summed E-state index contributed by atoms with van der Waals surface area (Å²) in [5, 5.41) is 24.0. The van der Waals surface area contributed by atoms with Gasteiger partial charge in [0.25, 0.3) is 0 Å². The maximum Gasteiger partial charge on any atom is 0.162 e. The van der Waals surface area contributed by atoms with Crippen molar-refractivity contribution in [3.63, 3.8) is 0 Å². The van der Waals surface area contributed by atoms with Gasteiger partial charge in [-0.05, 0) is 52.9 Å². The number of aliphatic hydroxyl groups excluding tert-OH is 1. The number of aromatic nitrogens is 3. The van der Waals surface area contributed by atoms with Crippen LogP contribution in [0.15, 0.2) is 28.8 Å². The molecule has 0 spiro atoms. The quantitative estimate of drug-likeness (QED) is 0.388. The molecule has 9 heteroatoms. The number of aliphatic hydroxyl groups is 1. The van der Waals surface area contributed by atoms with Crippen LogP contribution < -0.4 is 20.7 Å². The van der Waals surface area contributed by atoms with E-state index >= 15 is 0 Å². The number of aryl methyl sites for hydroxylation is 2. The minimum Gasteiger partial charge on any atom is -0.491 e. The van der Waals surface area contributed by atoms with Gasteiger partial charge in [0, 0.05) is 30.3 Å². The fourth-order valence-corrected chi connectivity index (χ4v) is 4.03. The predicted octanol–water partition coefficient (Wildman–Crippen LogP) is 2.46. The van der Waals surface area contributed by atoms with E-state index < -0.39 is 6.10 Å². The Kier molecular flexibility index (Phi) is 7.22. The Hall–Kier alpha value is -3.01. The van der Waals surface area contributed by atoms with Crippen molar-refractivity contribution in [3.05, 3.63) is 41.3 Å². The Balaban J connectivity index is 1.72. The summed E-state index contributed by atoms with van der Waals surface area (Å²) < 4.78 is 11.2. The molecule has 2 aromatic heterocycles. The van der Waals surface area contributed by atoms with Gasteiger partial charge in [0.05, 0.1) is 17.0 Å². The lowest BCUT2D eigenvalue weighted by Gasteiger charge is -2.18. The first kappa shape index (κ1) is 23.2. The molecule has 0 aliphatic carbocycles. The Labute approximate surface area is 194 Å². The van der Waals surface area contributed by atoms with Crippen molar-refractivity contribution < 1.29 is 14.4 Å². The van der Waals surface area contributed by atoms with Gasteiger partial charge in [0.15, 0.2) is 5.82 Å². The first-order valence-electron chi connectivity index (χ1n) is 11.3. The zero-order chi connectivity index (χ0) is 23.4. The van der Waals surface area contributed by atoms with Crippen molar-refractivity contribution >= 4 is 5.82 Å². The summed E-state index contributed by atoms with van der Waals surface area (Å²) in [5.74, 6) is 2.77. The summed E-state index contributed by atoms with van der Waals surface area (Å²) in [4.78, 5) is 9.81. The standard InChI is InChI=1S/C24H32N6O3/c1-14-22(21-15(2)30-33-16(21)3)28-24(29-23(14)27-18-8-9-26-11-18)17-6-5-7-20(10-17)32-13-19(31)12-25-4/h5-7,10,18-19,25-26,31H,8-9,11-13H2,1-4H3,(H,27,28,29)/t18-,19?/m1/s1. The summed E-state index contributed by atoms with van der Waals surface area (Å²) in [6.45, 7) is 8.40. The molecule has 1 aliphatic rings. The second-order valence-electron chi connectivity index (χ2n) is 8.45. The smallest absolute Gasteiger partial charge is 0.162 e. The van der Waals surface area contributed by atoms with Crippen LogP contribution in [0.3, 0.4) is 0 Å². The number of nitrogens with zero attached hydrogens (tertiary/aromatic N) is 3. The molecule has 4 rings (SSSR count). The monoisotopic (exact) mass is 452 g/mol. The summed E-state index contributed by atoms with van der Waals surface area (Å²) in [6.07, 6.45) is 0.453. The third-order valence-electron chi connectivity index (χ3n) is 5.79. The van der Waals surface area contributed by atoms with Crippen molar-refractivity contribution in [3.8, 4) is 28.4 Å². The average molecular weight is 453 g/mol. The van der Waals surface area contributed by atoms with Gasteiger partial charge < -0.3 is 30.3 Å². The van der Waals surface area contributed by atoms with E-state index in [0.29, 0.717) is 24.2 Å². The molecule has 0 saturated carbocycles. The number of anilines is 1. The number of ether oxygens (including phenoxy) is 1. The van der Waals surface area contributed by atoms with E-state index in [0.717, 1.165) is 59.2 Å². The van der Waals surface area contributed by atoms with E-state index in [9.17, 15) is 5.11 Å². The zero-order valence-electron chi connectivity index (χ0n) is 19.6. The first-order valence-corrected chi connectivity index (χ1v) is 11.3. The van der Waals surface area contributed by atoms with Crippen LogP contribution in [-0.2, 0) is 0 Å². The zero-order valence-corrected chi connectivity index (χ0v) is 19.6. The minimum atomic E-state index is -0.587. The fourth-order valence-electron chi connectivity index (χ4n) is 4.03. The molecule has 1 aliphatic heterocycles. The molecule has 176 valence electrons. The molecule has 2 atom stereocenters. The molecule has 0 amide bonds. The van der Waals surface area contributed by atoms with E-state index in [1.165, 1.54) is 0 Å². The van der Waals surface area contributed by atoms with Gasteiger partial charge in [0.2, 0.25) is 0 Å². The largest absolute Gasteiger partial charge is 0.491 e. The molecule has 0 bridgehead atoms. The second-order valence-corrected chi connectivity index (χ2v) is 8.45. The van der Waals surface area contributed by atoms with E-state index in [1.54, 1.807) is 7.05 Å². The molecule has 4 N–H and O–H groups in total. The van der Waals surface area contributed by atoms with Crippen molar-refractivity contribution in [2.75, 3.05) is 38.6 Å². The first-order chi connectivity index (χ1) is 16.0. The number of nitrogens with one attached hydrogen (secondary N) is 3. The molecule has 9 nitrogen and oxygen atoms in total. The second kappa shape index (κ2) is 10.3. The topological polar surface area (TPSA) is 117 Å². The van der Waals surface area contributed by atoms with E-state index in [2.05, 4.69) is 21.1 Å². The average Bonchev–Trinajstić information content (AvgIpc) is 3.44. The third kappa shape index (κ3) is 5.32. The van der Waals surface area contributed by atoms with Crippen LogP contribution in [0.4, 0.5) is 5.82 Å². The van der Waals surface area contributed by atoms with Crippen LogP contribution in [-0.4, -0.2) is 65.7 Å². The van der Waals surface area contributed by atoms with Crippen LogP contribution in [0.2, 0.25) is 0 Å². The van der Waals surface area contributed by atoms with Gasteiger partial charge in [-0.25, -0.2) is 9.97 Å². The number of hydrogen-bond acceptors (Lipinski definition) is 9. The predicted molar refractivity (Wildman–Crippen MR) is 128 cm³/mol. The van der Waals surface area contributed by atoms with Crippen LogP contribution in [0.5, 0.6) is 5.75 Å². The maximum absolute atomic E-state index is 9.95. The Morgan fingerprint density at radius 1 is 1.27 bits per heavy atom. The maximum atomic E-state index is 9.95. The van der Waals surface area contributed by atoms with E-state index in [1.807, 2.05) is 45.0 Å². The van der Waals surface area contributed by atoms with Crippen molar-refractivity contribution in [1.82, 2.24) is 25.8 Å². The summed E-state index contributed by atoms with van der Waals surface area (Å²) in [5.41, 5.74) is 4.29. The molecule has 33 heavy (non-hydrogen) atoms. The van der Waals surface area contributed by atoms with Gasteiger partial charge >= 0.3 is 0 Å². The molecule has 1 fully saturated rings. The van der Waals surface area contributed by atoms with Gasteiger partial charge in [0.1, 0.15) is 30.0 Å². The highest BCUT2D eigenvalue weighted by Crippen LogP contribution is 2.34. The highest BCUT2D eigenvalue weighted by molar-refractivity contribution is 5.74. The van der Waals surface area contributed by atoms with Gasteiger partial charge in [-0.1, -0.05) is 17.3 Å². The normalized spacial score (nSPS) is 16.7. The molecular weight excluding hydrogens is 420 g/mol. The lowest BCUT2D eigenvalue weighted by Crippen LogP contribution is -2.29. The summed E-state index contributed by atoms with van der Waals surface area (Å²) in [7, 11) is 1.79. The molecule has 1 saturated heterocycles. The van der Waals surface area contributed by atoms with Crippen LogP contribution in [0.25, 0.3) is 22.6 Å². The summed E-state index contributed by atoms with van der Waals surface area (Å²) >= 11 is 0. The van der Waals surface area contributed by atoms with E-state index in [4.69, 9.17) is 19.2 Å². The van der Waals surface area contributed by atoms with Gasteiger partial charge in [-0.2, -0.15) is 0 Å². The molecule has 1 aromatic carbocycles. The van der Waals surface area contributed by atoms with Gasteiger partial charge in [-0.15, -0.1) is 0 Å². The molecule has 3 aromatic rings. The highest BCUT2D eigenvalue weighted by atomic mass is 16.5. The fraction of sp³-hybridized carbons (Fsp3) is 0.458. The molecule has 0 radical (unpaired) electrons. The van der Waals surface area contributed by atoms with Crippen molar-refractivity contribution in [2.45, 2.75) is 39.3 Å². The number of likely N-dealkylation sites (N-methyl/N-ethyl adjacent to an activating group) is 1. The molecule has 1 unspecified atom stereocenters. The van der Waals surface area contributed by atoms with E-state index in [-0.39, 0.29) is 6.61 Å². The van der Waals surface area contributed by atoms with Crippen LogP contribution in [0, 0.1) is 20.8 Å². The summed E-state index contributed by atoms with van der Waals surface area (Å²) in [6, 6.07) is 7.94. The Morgan fingerprint density at radius 3 is 2.82 bits per heavy atom. The lowest BCUT2D eigenvalue weighted by molar-refractivity contribution is 0.108. The highest BCUT2D eigenvalue weighted by Gasteiger charge is 2.22. The van der Waals surface area contributed by atoms with Crippen molar-refractivity contribution in [2.24, 2.45) is 0 Å². The number of benzene rings is 1. The molecule has 3 heterocycles. The third-order valence-corrected chi connectivity index (χ3v) is 5.79. The molecular formula is C24H32N6O3. The van der Waals surface area contributed by atoms with Crippen LogP contribution >= 0.6 is 0 Å². The SMILES string of the molecule is CNCC(O)COc1cccc(-c2nc(N[C@@H]3CCNC3)c(C)c(-c3c(C)noc3C)n2)c1.